The van der Waals surface area contributed by atoms with Crippen LogP contribution in [0.3, 0.4) is 0 Å². The van der Waals surface area contributed by atoms with E-state index in [4.69, 9.17) is 0 Å². The van der Waals surface area contributed by atoms with E-state index in [1.807, 2.05) is 45.0 Å². The molecule has 0 aliphatic carbocycles. The van der Waals surface area contributed by atoms with Gasteiger partial charge in [-0.1, -0.05) is 44.5 Å². The number of nitrogens with zero attached hydrogens (tertiary/aromatic N) is 2. The Bertz CT molecular complexity index is 1170. The molecule has 10 heteroatoms. The fourth-order valence-corrected chi connectivity index (χ4v) is 5.00. The summed E-state index contributed by atoms with van der Waals surface area (Å²) in [6.07, 6.45) is 3.24. The number of carbonyl (C=O) groups excluding carboxylic acids is 2. The molecule has 2 aromatic rings. The van der Waals surface area contributed by atoms with Crippen molar-refractivity contribution in [2.24, 2.45) is 0 Å². The second-order valence-corrected chi connectivity index (χ2v) is 11.0. The van der Waals surface area contributed by atoms with Gasteiger partial charge in [0.15, 0.2) is 11.6 Å². The summed E-state index contributed by atoms with van der Waals surface area (Å²) in [6, 6.07) is 9.80. The molecule has 2 rings (SSSR count). The zero-order chi connectivity index (χ0) is 27.6. The Hall–Kier alpha value is -3.01. The number of rotatable bonds is 14. The number of anilines is 1. The summed E-state index contributed by atoms with van der Waals surface area (Å²) < 4.78 is 52.7. The number of sulfonamides is 1. The first kappa shape index (κ1) is 30.2. The average Bonchev–Trinajstić information content (AvgIpc) is 2.84. The van der Waals surface area contributed by atoms with E-state index in [-0.39, 0.29) is 43.4 Å². The molecule has 2 amide bonds. The van der Waals surface area contributed by atoms with Gasteiger partial charge in [0, 0.05) is 32.1 Å². The van der Waals surface area contributed by atoms with E-state index in [1.165, 1.54) is 6.07 Å². The number of halogens is 2. The van der Waals surface area contributed by atoms with Gasteiger partial charge in [-0.2, -0.15) is 0 Å². The second-order valence-electron chi connectivity index (χ2n) is 9.05. The molecular weight excluding hydrogens is 500 g/mol. The third kappa shape index (κ3) is 8.80. The Kier molecular flexibility index (Phi) is 11.5. The SMILES string of the molecule is CCCCNC(=O)[C@@H](CC)N(Cc1ccccc1C)C(=O)CCCN(c1ccc(F)c(F)c1)S(C)(=O)=O. The zero-order valence-corrected chi connectivity index (χ0v) is 22.8. The van der Waals surface area contributed by atoms with Crippen LogP contribution in [0.4, 0.5) is 14.5 Å². The Morgan fingerprint density at radius 2 is 1.73 bits per heavy atom. The summed E-state index contributed by atoms with van der Waals surface area (Å²) in [7, 11) is -3.81. The van der Waals surface area contributed by atoms with Crippen LogP contribution in [-0.2, 0) is 26.2 Å². The van der Waals surface area contributed by atoms with Crippen molar-refractivity contribution in [3.05, 3.63) is 65.2 Å². The van der Waals surface area contributed by atoms with Crippen molar-refractivity contribution in [1.29, 1.82) is 0 Å². The van der Waals surface area contributed by atoms with Crippen LogP contribution in [-0.4, -0.2) is 50.5 Å². The van der Waals surface area contributed by atoms with Gasteiger partial charge in [-0.3, -0.25) is 13.9 Å². The van der Waals surface area contributed by atoms with E-state index in [0.717, 1.165) is 46.7 Å². The number of aryl methyl sites for hydroxylation is 1. The van der Waals surface area contributed by atoms with Crippen molar-refractivity contribution < 1.29 is 26.8 Å². The largest absolute Gasteiger partial charge is 0.354 e. The highest BCUT2D eigenvalue weighted by Gasteiger charge is 2.29. The fourth-order valence-electron chi connectivity index (χ4n) is 4.04. The van der Waals surface area contributed by atoms with Gasteiger partial charge in [-0.25, -0.2) is 17.2 Å². The van der Waals surface area contributed by atoms with Gasteiger partial charge in [0.25, 0.3) is 0 Å². The molecule has 0 fully saturated rings. The van der Waals surface area contributed by atoms with Crippen molar-refractivity contribution >= 4 is 27.5 Å². The van der Waals surface area contributed by atoms with Crippen LogP contribution in [0.2, 0.25) is 0 Å². The van der Waals surface area contributed by atoms with Gasteiger partial charge in [0.1, 0.15) is 6.04 Å². The smallest absolute Gasteiger partial charge is 0.242 e. The third-order valence-corrected chi connectivity index (χ3v) is 7.35. The molecular formula is C27H37F2N3O4S. The van der Waals surface area contributed by atoms with Gasteiger partial charge in [-0.15, -0.1) is 0 Å². The minimum Gasteiger partial charge on any atom is -0.354 e. The highest BCUT2D eigenvalue weighted by Crippen LogP contribution is 2.22. The molecule has 0 radical (unpaired) electrons. The van der Waals surface area contributed by atoms with Crippen LogP contribution in [0, 0.1) is 18.6 Å². The van der Waals surface area contributed by atoms with Crippen molar-refractivity contribution in [2.45, 2.75) is 65.5 Å². The topological polar surface area (TPSA) is 86.8 Å². The molecule has 0 heterocycles. The molecule has 0 unspecified atom stereocenters. The number of unbranched alkanes of at least 4 members (excludes halogenated alkanes) is 1. The molecule has 0 aliphatic heterocycles. The minimum atomic E-state index is -3.81. The number of hydrogen-bond donors (Lipinski definition) is 1. The van der Waals surface area contributed by atoms with E-state index in [0.29, 0.717) is 13.0 Å². The zero-order valence-electron chi connectivity index (χ0n) is 22.0. The monoisotopic (exact) mass is 537 g/mol. The quantitative estimate of drug-likeness (QED) is 0.359. The van der Waals surface area contributed by atoms with Crippen molar-refractivity contribution in [1.82, 2.24) is 10.2 Å². The van der Waals surface area contributed by atoms with Crippen LogP contribution in [0.5, 0.6) is 0 Å². The molecule has 37 heavy (non-hydrogen) atoms. The van der Waals surface area contributed by atoms with Gasteiger partial charge in [-0.05, 0) is 49.4 Å². The molecule has 1 N–H and O–H groups in total. The van der Waals surface area contributed by atoms with E-state index in [9.17, 15) is 26.8 Å². The molecule has 1 atom stereocenters. The Balaban J connectivity index is 2.22. The molecule has 0 bridgehead atoms. The predicted molar refractivity (Wildman–Crippen MR) is 142 cm³/mol. The number of amides is 2. The first-order valence-corrected chi connectivity index (χ1v) is 14.4. The van der Waals surface area contributed by atoms with Crippen molar-refractivity contribution in [3.8, 4) is 0 Å². The van der Waals surface area contributed by atoms with Crippen LogP contribution in [0.15, 0.2) is 42.5 Å². The molecule has 0 aromatic heterocycles. The van der Waals surface area contributed by atoms with E-state index in [2.05, 4.69) is 5.32 Å². The van der Waals surface area contributed by atoms with Crippen LogP contribution < -0.4 is 9.62 Å². The molecule has 0 saturated carbocycles. The lowest BCUT2D eigenvalue weighted by atomic mass is 10.1. The normalized spacial score (nSPS) is 12.2. The summed E-state index contributed by atoms with van der Waals surface area (Å²) in [5.41, 5.74) is 1.88. The van der Waals surface area contributed by atoms with Crippen LogP contribution >= 0.6 is 0 Å². The van der Waals surface area contributed by atoms with Crippen LogP contribution in [0.1, 0.15) is 57.1 Å². The molecule has 2 aromatic carbocycles. The van der Waals surface area contributed by atoms with E-state index in [1.54, 1.807) is 4.90 Å². The molecule has 204 valence electrons. The Morgan fingerprint density at radius 3 is 2.32 bits per heavy atom. The summed E-state index contributed by atoms with van der Waals surface area (Å²) in [5, 5.41) is 2.91. The first-order chi connectivity index (χ1) is 17.5. The summed E-state index contributed by atoms with van der Waals surface area (Å²) in [4.78, 5) is 27.9. The average molecular weight is 538 g/mol. The van der Waals surface area contributed by atoms with Gasteiger partial charge < -0.3 is 10.2 Å². The van der Waals surface area contributed by atoms with E-state index >= 15 is 0 Å². The lowest BCUT2D eigenvalue weighted by Gasteiger charge is -2.31. The summed E-state index contributed by atoms with van der Waals surface area (Å²) >= 11 is 0. The maximum atomic E-state index is 13.7. The van der Waals surface area contributed by atoms with Gasteiger partial charge in [0.2, 0.25) is 21.8 Å². The third-order valence-electron chi connectivity index (χ3n) is 6.16. The molecule has 0 spiro atoms. The van der Waals surface area contributed by atoms with Crippen LogP contribution in [0.25, 0.3) is 0 Å². The maximum absolute atomic E-state index is 13.7. The highest BCUT2D eigenvalue weighted by molar-refractivity contribution is 7.92. The number of nitrogens with one attached hydrogen (secondary N) is 1. The molecule has 0 saturated heterocycles. The summed E-state index contributed by atoms with van der Waals surface area (Å²) in [6.45, 7) is 6.47. The predicted octanol–water partition coefficient (Wildman–Crippen LogP) is 4.54. The number of benzene rings is 2. The minimum absolute atomic E-state index is 0.0210. The Morgan fingerprint density at radius 1 is 1.03 bits per heavy atom. The molecule has 7 nitrogen and oxygen atoms in total. The van der Waals surface area contributed by atoms with Crippen molar-refractivity contribution in [2.75, 3.05) is 23.7 Å². The highest BCUT2D eigenvalue weighted by atomic mass is 32.2. The lowest BCUT2D eigenvalue weighted by molar-refractivity contribution is -0.141. The maximum Gasteiger partial charge on any atom is 0.242 e. The number of hydrogen-bond acceptors (Lipinski definition) is 4. The van der Waals surface area contributed by atoms with Crippen molar-refractivity contribution in [3.63, 3.8) is 0 Å². The number of carbonyl (C=O) groups is 2. The lowest BCUT2D eigenvalue weighted by Crippen LogP contribution is -2.49. The fraction of sp³-hybridized carbons (Fsp3) is 0.481. The Labute approximate surface area is 218 Å². The molecule has 0 aliphatic rings. The van der Waals surface area contributed by atoms with Gasteiger partial charge >= 0.3 is 0 Å². The van der Waals surface area contributed by atoms with Gasteiger partial charge in [0.05, 0.1) is 11.9 Å². The summed E-state index contributed by atoms with van der Waals surface area (Å²) in [5.74, 6) is -2.76. The standard InChI is InChI=1S/C27H37F2N3O4S/c1-5-7-16-30-27(34)25(6-2)31(19-21-12-9-8-11-20(21)3)26(33)13-10-17-32(37(4,35)36)22-14-15-23(28)24(29)18-22/h8-9,11-12,14-15,18,25H,5-7,10,13,16-17,19H2,1-4H3,(H,30,34)/t25-/m1/s1. The first-order valence-electron chi connectivity index (χ1n) is 12.5. The van der Waals surface area contributed by atoms with E-state index < -0.39 is 27.7 Å². The second kappa shape index (κ2) is 14.1.